The highest BCUT2D eigenvalue weighted by atomic mass is 127. The molecule has 0 bridgehead atoms. The van der Waals surface area contributed by atoms with Gasteiger partial charge in [0.1, 0.15) is 17.2 Å². The van der Waals surface area contributed by atoms with Crippen LogP contribution in [0.5, 0.6) is 17.2 Å². The van der Waals surface area contributed by atoms with Crippen LogP contribution in [0.4, 0.5) is 0 Å². The third-order valence-corrected chi connectivity index (χ3v) is 5.33. The van der Waals surface area contributed by atoms with Gasteiger partial charge in [-0.05, 0) is 54.8 Å². The van der Waals surface area contributed by atoms with Crippen molar-refractivity contribution < 1.29 is 14.3 Å². The molecule has 2 N–H and O–H groups in total. The third-order valence-electron chi connectivity index (χ3n) is 5.33. The molecule has 0 spiro atoms. The topological polar surface area (TPSA) is 75.2 Å². The molecule has 1 amide bonds. The number of likely N-dealkylation sites (tertiary alicyclic amines) is 1. The smallest absolute Gasteiger partial charge is 0.222 e. The van der Waals surface area contributed by atoms with E-state index in [0.717, 1.165) is 55.7 Å². The molecule has 1 fully saturated rings. The van der Waals surface area contributed by atoms with E-state index >= 15 is 0 Å². The number of halogens is 1. The van der Waals surface area contributed by atoms with Crippen LogP contribution in [-0.4, -0.2) is 56.6 Å². The van der Waals surface area contributed by atoms with Gasteiger partial charge in [0, 0.05) is 39.1 Å². The van der Waals surface area contributed by atoms with Crippen molar-refractivity contribution in [1.82, 2.24) is 15.5 Å². The molecule has 1 saturated heterocycles. The van der Waals surface area contributed by atoms with E-state index in [0.29, 0.717) is 6.42 Å². The second-order valence-corrected chi connectivity index (χ2v) is 7.49. The summed E-state index contributed by atoms with van der Waals surface area (Å²) in [5.41, 5.74) is 1.21. The van der Waals surface area contributed by atoms with Crippen molar-refractivity contribution in [2.24, 2.45) is 4.99 Å². The lowest BCUT2D eigenvalue weighted by molar-refractivity contribution is -0.129. The number of methoxy groups -OCH3 is 1. The van der Waals surface area contributed by atoms with E-state index in [1.54, 1.807) is 14.2 Å². The summed E-state index contributed by atoms with van der Waals surface area (Å²) in [5.74, 6) is 3.37. The van der Waals surface area contributed by atoms with E-state index in [9.17, 15) is 4.79 Å². The van der Waals surface area contributed by atoms with E-state index in [1.807, 2.05) is 48.2 Å². The number of benzene rings is 2. The zero-order chi connectivity index (χ0) is 22.1. The van der Waals surface area contributed by atoms with Gasteiger partial charge in [-0.25, -0.2) is 0 Å². The van der Waals surface area contributed by atoms with Crippen molar-refractivity contribution in [3.05, 3.63) is 54.1 Å². The Morgan fingerprint density at radius 1 is 1.09 bits per heavy atom. The Bertz CT molecular complexity index is 872. The zero-order valence-electron chi connectivity index (χ0n) is 19.0. The first-order valence-corrected chi connectivity index (χ1v) is 10.8. The Kier molecular flexibility index (Phi) is 10.6. The highest BCUT2D eigenvalue weighted by molar-refractivity contribution is 14.0. The SMILES string of the molecule is CCC(=O)N1CCC(NC(=NC)NCCc2ccc(Oc3ccc(OC)cc3)cc2)C1.I. The van der Waals surface area contributed by atoms with Crippen LogP contribution >= 0.6 is 24.0 Å². The quantitative estimate of drug-likeness (QED) is 0.296. The molecule has 1 heterocycles. The van der Waals surface area contributed by atoms with E-state index in [2.05, 4.69) is 27.8 Å². The molecule has 174 valence electrons. The van der Waals surface area contributed by atoms with Gasteiger partial charge >= 0.3 is 0 Å². The number of amides is 1. The summed E-state index contributed by atoms with van der Waals surface area (Å²) in [6, 6.07) is 15.9. The van der Waals surface area contributed by atoms with E-state index < -0.39 is 0 Å². The van der Waals surface area contributed by atoms with Gasteiger partial charge in [0.05, 0.1) is 7.11 Å². The first-order chi connectivity index (χ1) is 15.1. The molecule has 1 unspecified atom stereocenters. The average Bonchev–Trinajstić information content (AvgIpc) is 3.28. The zero-order valence-corrected chi connectivity index (χ0v) is 21.3. The standard InChI is InChI=1S/C24H32N4O3.HI/c1-4-23(29)28-16-14-19(17-28)27-24(25-2)26-15-13-18-5-7-21(8-6-18)31-22-11-9-20(30-3)10-12-22;/h5-12,19H,4,13-17H2,1-3H3,(H2,25,26,27);1H. The van der Waals surface area contributed by atoms with Crippen LogP contribution in [-0.2, 0) is 11.2 Å². The second kappa shape index (κ2) is 13.1. The van der Waals surface area contributed by atoms with Crippen LogP contribution in [0.2, 0.25) is 0 Å². The van der Waals surface area contributed by atoms with Gasteiger partial charge < -0.3 is 25.0 Å². The Morgan fingerprint density at radius 3 is 2.31 bits per heavy atom. The minimum Gasteiger partial charge on any atom is -0.497 e. The van der Waals surface area contributed by atoms with Gasteiger partial charge in [-0.1, -0.05) is 19.1 Å². The van der Waals surface area contributed by atoms with E-state index in [1.165, 1.54) is 5.56 Å². The summed E-state index contributed by atoms with van der Waals surface area (Å²) < 4.78 is 11.0. The van der Waals surface area contributed by atoms with Gasteiger partial charge in [0.25, 0.3) is 0 Å². The lowest BCUT2D eigenvalue weighted by Crippen LogP contribution is -2.45. The van der Waals surface area contributed by atoms with Crippen LogP contribution in [0.1, 0.15) is 25.3 Å². The molecule has 0 saturated carbocycles. The number of hydrogen-bond donors (Lipinski definition) is 2. The number of guanidine groups is 1. The lowest BCUT2D eigenvalue weighted by Gasteiger charge is -2.18. The molecule has 1 atom stereocenters. The molecular weight excluding hydrogens is 519 g/mol. The van der Waals surface area contributed by atoms with Crippen LogP contribution in [0.3, 0.4) is 0 Å². The van der Waals surface area contributed by atoms with Crippen molar-refractivity contribution in [3.8, 4) is 17.2 Å². The Morgan fingerprint density at radius 2 is 1.72 bits per heavy atom. The first kappa shape index (κ1) is 25.8. The summed E-state index contributed by atoms with van der Waals surface area (Å²) >= 11 is 0. The molecule has 8 heteroatoms. The van der Waals surface area contributed by atoms with Crippen molar-refractivity contribution in [3.63, 3.8) is 0 Å². The van der Waals surface area contributed by atoms with E-state index in [-0.39, 0.29) is 35.9 Å². The highest BCUT2D eigenvalue weighted by Crippen LogP contribution is 2.24. The predicted octanol–water partition coefficient (Wildman–Crippen LogP) is 3.82. The Hall–Kier alpha value is -2.49. The van der Waals surface area contributed by atoms with Crippen LogP contribution in [0.25, 0.3) is 0 Å². The molecule has 0 aliphatic carbocycles. The normalized spacial score (nSPS) is 15.7. The Balaban J connectivity index is 0.00000363. The maximum absolute atomic E-state index is 11.8. The molecule has 1 aliphatic rings. The summed E-state index contributed by atoms with van der Waals surface area (Å²) in [7, 11) is 3.41. The van der Waals surface area contributed by atoms with Crippen LogP contribution < -0.4 is 20.1 Å². The summed E-state index contributed by atoms with van der Waals surface area (Å²) in [6.07, 6.45) is 2.38. The second-order valence-electron chi connectivity index (χ2n) is 7.49. The predicted molar refractivity (Wildman–Crippen MR) is 138 cm³/mol. The molecule has 1 aliphatic heterocycles. The minimum absolute atomic E-state index is 0. The number of nitrogens with one attached hydrogen (secondary N) is 2. The number of carbonyl (C=O) groups is 1. The molecule has 3 rings (SSSR count). The third kappa shape index (κ3) is 7.58. The Labute approximate surface area is 207 Å². The summed E-state index contributed by atoms with van der Waals surface area (Å²) in [5, 5.41) is 6.78. The molecule has 2 aromatic rings. The van der Waals surface area contributed by atoms with Gasteiger partial charge in [-0.2, -0.15) is 0 Å². The molecule has 7 nitrogen and oxygen atoms in total. The number of aliphatic imine (C=N–C) groups is 1. The lowest BCUT2D eigenvalue weighted by atomic mass is 10.1. The molecule has 2 aromatic carbocycles. The van der Waals surface area contributed by atoms with Crippen molar-refractivity contribution in [1.29, 1.82) is 0 Å². The van der Waals surface area contributed by atoms with Gasteiger partial charge in [-0.15, -0.1) is 24.0 Å². The van der Waals surface area contributed by atoms with Crippen molar-refractivity contribution >= 4 is 35.8 Å². The summed E-state index contributed by atoms with van der Waals surface area (Å²) in [6.45, 7) is 4.22. The number of ether oxygens (including phenoxy) is 2. The minimum atomic E-state index is 0. The van der Waals surface area contributed by atoms with Crippen LogP contribution in [0.15, 0.2) is 53.5 Å². The molecule has 0 aromatic heterocycles. The maximum atomic E-state index is 11.8. The van der Waals surface area contributed by atoms with Crippen molar-refractivity contribution in [2.75, 3.05) is 33.8 Å². The monoisotopic (exact) mass is 552 g/mol. The number of hydrogen-bond acceptors (Lipinski definition) is 4. The number of nitrogens with zero attached hydrogens (tertiary/aromatic N) is 2. The van der Waals surface area contributed by atoms with Gasteiger partial charge in [0.2, 0.25) is 5.91 Å². The van der Waals surface area contributed by atoms with Crippen molar-refractivity contribution in [2.45, 2.75) is 32.2 Å². The molecule has 32 heavy (non-hydrogen) atoms. The maximum Gasteiger partial charge on any atom is 0.222 e. The molecular formula is C24H33IN4O3. The number of carbonyl (C=O) groups excluding carboxylic acids is 1. The average molecular weight is 552 g/mol. The largest absolute Gasteiger partial charge is 0.497 e. The number of rotatable bonds is 8. The van der Waals surface area contributed by atoms with Gasteiger partial charge in [-0.3, -0.25) is 9.79 Å². The first-order valence-electron chi connectivity index (χ1n) is 10.8. The molecule has 0 radical (unpaired) electrons. The fraction of sp³-hybridized carbons (Fsp3) is 0.417. The van der Waals surface area contributed by atoms with Gasteiger partial charge in [0.15, 0.2) is 5.96 Å². The fourth-order valence-corrected chi connectivity index (χ4v) is 3.55. The highest BCUT2D eigenvalue weighted by Gasteiger charge is 2.25. The fourth-order valence-electron chi connectivity index (χ4n) is 3.55. The summed E-state index contributed by atoms with van der Waals surface area (Å²) in [4.78, 5) is 18.1. The van der Waals surface area contributed by atoms with E-state index in [4.69, 9.17) is 9.47 Å². The van der Waals surface area contributed by atoms with Crippen LogP contribution in [0, 0.1) is 0 Å².